The summed E-state index contributed by atoms with van der Waals surface area (Å²) in [6.45, 7) is 8.35. The van der Waals surface area contributed by atoms with E-state index in [4.69, 9.17) is 12.2 Å². The van der Waals surface area contributed by atoms with Crippen molar-refractivity contribution in [2.45, 2.75) is 33.1 Å². The van der Waals surface area contributed by atoms with E-state index in [1.807, 2.05) is 26.1 Å². The van der Waals surface area contributed by atoms with Crippen molar-refractivity contribution in [3.63, 3.8) is 0 Å². The molecule has 0 unspecified atom stereocenters. The van der Waals surface area contributed by atoms with Gasteiger partial charge in [0.05, 0.1) is 0 Å². The molecule has 0 amide bonds. The maximum Gasteiger partial charge on any atom is 0.174 e. The molecule has 0 fully saturated rings. The second kappa shape index (κ2) is 5.82. The van der Waals surface area contributed by atoms with Gasteiger partial charge in [-0.05, 0) is 17.8 Å². The number of imidazole rings is 1. The number of hydrogen-bond donors (Lipinski definition) is 2. The molecule has 17 heavy (non-hydrogen) atoms. The molecule has 0 aliphatic heterocycles. The maximum absolute atomic E-state index is 5.04. The Bertz CT molecular complexity index is 494. The van der Waals surface area contributed by atoms with E-state index in [1.165, 1.54) is 5.56 Å². The predicted octanol–water partition coefficient (Wildman–Crippen LogP) is 4.42. The molecule has 2 aromatic rings. The number of nitrogens with one attached hydrogen (secondary N) is 2. The van der Waals surface area contributed by atoms with Crippen molar-refractivity contribution in [1.82, 2.24) is 9.97 Å². The van der Waals surface area contributed by atoms with Gasteiger partial charge in [0.15, 0.2) is 4.77 Å². The van der Waals surface area contributed by atoms with Crippen molar-refractivity contribution >= 4 is 12.2 Å². The Balaban J connectivity index is 0.000000686. The third-order valence-corrected chi connectivity index (χ3v) is 2.98. The van der Waals surface area contributed by atoms with E-state index in [0.717, 1.165) is 5.69 Å². The van der Waals surface area contributed by atoms with Crippen molar-refractivity contribution in [3.05, 3.63) is 52.6 Å². The molecule has 0 atom stereocenters. The quantitative estimate of drug-likeness (QED) is 0.757. The lowest BCUT2D eigenvalue weighted by Crippen LogP contribution is -2.19. The van der Waals surface area contributed by atoms with Crippen LogP contribution in [-0.2, 0) is 5.41 Å². The first-order valence-corrected chi connectivity index (χ1v) is 6.35. The van der Waals surface area contributed by atoms with Gasteiger partial charge in [-0.3, -0.25) is 0 Å². The molecule has 1 aromatic heterocycles. The van der Waals surface area contributed by atoms with E-state index in [1.54, 1.807) is 0 Å². The molecule has 0 radical (unpaired) electrons. The number of aromatic amines is 2. The molecule has 0 bridgehead atoms. The smallest absolute Gasteiger partial charge is 0.174 e. The van der Waals surface area contributed by atoms with Gasteiger partial charge >= 0.3 is 0 Å². The van der Waals surface area contributed by atoms with Crippen molar-refractivity contribution in [2.75, 3.05) is 0 Å². The summed E-state index contributed by atoms with van der Waals surface area (Å²) >= 11 is 5.04. The van der Waals surface area contributed by atoms with E-state index >= 15 is 0 Å². The standard InChI is InChI=1S/C12H14N2S.C2H6/c1-12(2,9-6-4-3-5-7-9)10-8-13-11(15)14-10;1-2/h3-8H,1-2H3,(H2,13,14,15);1-2H3. The van der Waals surface area contributed by atoms with Gasteiger partial charge in [-0.15, -0.1) is 0 Å². The zero-order chi connectivity index (χ0) is 12.9. The predicted molar refractivity (Wildman–Crippen MR) is 75.9 cm³/mol. The number of hydrogen-bond acceptors (Lipinski definition) is 1. The average Bonchev–Trinajstić information content (AvgIpc) is 2.80. The highest BCUT2D eigenvalue weighted by Crippen LogP contribution is 2.29. The largest absolute Gasteiger partial charge is 0.337 e. The highest BCUT2D eigenvalue weighted by Gasteiger charge is 2.23. The monoisotopic (exact) mass is 248 g/mol. The molecule has 1 aromatic carbocycles. The molecule has 2 nitrogen and oxygen atoms in total. The molecule has 2 N–H and O–H groups in total. The molecule has 0 spiro atoms. The van der Waals surface area contributed by atoms with Crippen LogP contribution in [0.5, 0.6) is 0 Å². The molecule has 3 heteroatoms. The van der Waals surface area contributed by atoms with Gasteiger partial charge in [-0.2, -0.15) is 0 Å². The van der Waals surface area contributed by atoms with E-state index in [0.29, 0.717) is 4.77 Å². The van der Waals surface area contributed by atoms with Crippen LogP contribution >= 0.6 is 12.2 Å². The summed E-state index contributed by atoms with van der Waals surface area (Å²) < 4.78 is 0.675. The summed E-state index contributed by atoms with van der Waals surface area (Å²) in [6.07, 6.45) is 1.94. The summed E-state index contributed by atoms with van der Waals surface area (Å²) in [5.41, 5.74) is 2.34. The minimum absolute atomic E-state index is 0.0468. The Hall–Kier alpha value is -1.35. The highest BCUT2D eigenvalue weighted by atomic mass is 32.1. The number of rotatable bonds is 2. The third-order valence-electron chi connectivity index (χ3n) is 2.76. The molecule has 1 heterocycles. The molecule has 2 rings (SSSR count). The van der Waals surface area contributed by atoms with Crippen LogP contribution in [0, 0.1) is 4.77 Å². The van der Waals surface area contributed by atoms with Crippen LogP contribution in [0.25, 0.3) is 0 Å². The molecule has 92 valence electrons. The second-order valence-electron chi connectivity index (χ2n) is 4.15. The van der Waals surface area contributed by atoms with Crippen LogP contribution in [-0.4, -0.2) is 9.97 Å². The summed E-state index contributed by atoms with van der Waals surface area (Å²) in [5.74, 6) is 0. The summed E-state index contributed by atoms with van der Waals surface area (Å²) in [7, 11) is 0. The lowest BCUT2D eigenvalue weighted by Gasteiger charge is -2.23. The van der Waals surface area contributed by atoms with Gasteiger partial charge < -0.3 is 9.97 Å². The zero-order valence-corrected chi connectivity index (χ0v) is 11.7. The number of H-pyrrole nitrogens is 2. The molecule has 0 saturated carbocycles. The van der Waals surface area contributed by atoms with Crippen molar-refractivity contribution in [3.8, 4) is 0 Å². The fourth-order valence-corrected chi connectivity index (χ4v) is 1.85. The van der Waals surface area contributed by atoms with Crippen LogP contribution in [0.15, 0.2) is 36.5 Å². The summed E-state index contributed by atoms with van der Waals surface area (Å²) in [6, 6.07) is 10.4. The maximum atomic E-state index is 5.04. The molecule has 0 aliphatic carbocycles. The summed E-state index contributed by atoms with van der Waals surface area (Å²) in [4.78, 5) is 6.18. The molecular weight excluding hydrogens is 228 g/mol. The Morgan fingerprint density at radius 1 is 1.06 bits per heavy atom. The normalized spacial score (nSPS) is 10.6. The molecular formula is C14H20N2S. The molecule has 0 saturated heterocycles. The Labute approximate surface area is 108 Å². The van der Waals surface area contributed by atoms with Gasteiger partial charge in [0, 0.05) is 17.3 Å². The van der Waals surface area contributed by atoms with Gasteiger partial charge in [0.2, 0.25) is 0 Å². The van der Waals surface area contributed by atoms with Gasteiger partial charge in [-0.1, -0.05) is 58.0 Å². The number of aromatic nitrogens is 2. The van der Waals surface area contributed by atoms with E-state index in [-0.39, 0.29) is 5.41 Å². The van der Waals surface area contributed by atoms with E-state index < -0.39 is 0 Å². The van der Waals surface area contributed by atoms with Crippen molar-refractivity contribution < 1.29 is 0 Å². The molecule has 0 aliphatic rings. The highest BCUT2D eigenvalue weighted by molar-refractivity contribution is 7.71. The van der Waals surface area contributed by atoms with Crippen molar-refractivity contribution in [1.29, 1.82) is 0 Å². The third kappa shape index (κ3) is 3.07. The fourth-order valence-electron chi connectivity index (χ4n) is 1.68. The SMILES string of the molecule is CC.CC(C)(c1ccccc1)c1c[nH]c(=S)[nH]1. The first-order valence-electron chi connectivity index (χ1n) is 5.94. The van der Waals surface area contributed by atoms with Gasteiger partial charge in [0.1, 0.15) is 0 Å². The van der Waals surface area contributed by atoms with Crippen LogP contribution in [0.1, 0.15) is 39.0 Å². The lowest BCUT2D eigenvalue weighted by molar-refractivity contribution is 0.620. The van der Waals surface area contributed by atoms with Gasteiger partial charge in [-0.25, -0.2) is 0 Å². The Kier molecular flexibility index (Phi) is 4.70. The topological polar surface area (TPSA) is 31.6 Å². The van der Waals surface area contributed by atoms with Crippen molar-refractivity contribution in [2.24, 2.45) is 0 Å². The Morgan fingerprint density at radius 2 is 1.65 bits per heavy atom. The van der Waals surface area contributed by atoms with Crippen LogP contribution < -0.4 is 0 Å². The van der Waals surface area contributed by atoms with Crippen LogP contribution in [0.3, 0.4) is 0 Å². The fraction of sp³-hybridized carbons (Fsp3) is 0.357. The number of benzene rings is 1. The summed E-state index contributed by atoms with van der Waals surface area (Å²) in [5, 5.41) is 0. The van der Waals surface area contributed by atoms with Crippen LogP contribution in [0.2, 0.25) is 0 Å². The average molecular weight is 248 g/mol. The first-order chi connectivity index (χ1) is 8.10. The van der Waals surface area contributed by atoms with Gasteiger partial charge in [0.25, 0.3) is 0 Å². The lowest BCUT2D eigenvalue weighted by atomic mass is 9.82. The van der Waals surface area contributed by atoms with E-state index in [2.05, 4.69) is 48.1 Å². The minimum Gasteiger partial charge on any atom is -0.337 e. The van der Waals surface area contributed by atoms with E-state index in [9.17, 15) is 0 Å². The second-order valence-corrected chi connectivity index (χ2v) is 4.56. The zero-order valence-electron chi connectivity index (χ0n) is 10.9. The Morgan fingerprint density at radius 3 is 2.12 bits per heavy atom. The minimum atomic E-state index is -0.0468. The first kappa shape index (κ1) is 13.7. The van der Waals surface area contributed by atoms with Crippen LogP contribution in [0.4, 0.5) is 0 Å².